The maximum absolute atomic E-state index is 11.6. The Morgan fingerprint density at radius 3 is 2.70 bits per heavy atom. The smallest absolute Gasteiger partial charge is 0.330 e. The number of hydrogen-bond acceptors (Lipinski definition) is 6. The van der Waals surface area contributed by atoms with Crippen LogP contribution in [-0.2, 0) is 14.3 Å². The summed E-state index contributed by atoms with van der Waals surface area (Å²) in [6.45, 7) is 3.58. The van der Waals surface area contributed by atoms with Crippen molar-refractivity contribution in [1.29, 1.82) is 0 Å². The lowest BCUT2D eigenvalue weighted by atomic mass is 10.2. The number of esters is 1. The van der Waals surface area contributed by atoms with E-state index < -0.39 is 16.8 Å². The van der Waals surface area contributed by atoms with E-state index in [4.69, 9.17) is 12.2 Å². The lowest BCUT2D eigenvalue weighted by molar-refractivity contribution is -0.384. The van der Waals surface area contributed by atoms with Crippen LogP contribution in [0.2, 0.25) is 0 Å². The van der Waals surface area contributed by atoms with Gasteiger partial charge in [-0.1, -0.05) is 6.07 Å². The molecule has 0 aliphatic heterocycles. The summed E-state index contributed by atoms with van der Waals surface area (Å²) in [6.07, 6.45) is 1.95. The summed E-state index contributed by atoms with van der Waals surface area (Å²) in [7, 11) is 0. The molecule has 1 aromatic rings. The molecule has 0 atom stereocenters. The van der Waals surface area contributed by atoms with Crippen LogP contribution in [0.15, 0.2) is 30.4 Å². The van der Waals surface area contributed by atoms with E-state index in [0.29, 0.717) is 11.3 Å². The van der Waals surface area contributed by atoms with Gasteiger partial charge in [-0.2, -0.15) is 0 Å². The summed E-state index contributed by atoms with van der Waals surface area (Å²) in [5, 5.41) is 15.7. The van der Waals surface area contributed by atoms with Crippen LogP contribution in [0.5, 0.6) is 0 Å². The Hall–Kier alpha value is -2.81. The predicted octanol–water partition coefficient (Wildman–Crippen LogP) is 1.84. The molecule has 0 heterocycles. The summed E-state index contributed by atoms with van der Waals surface area (Å²) in [6, 6.07) is 4.23. The molecule has 0 saturated heterocycles. The number of amides is 1. The first-order valence-electron chi connectivity index (χ1n) is 6.55. The van der Waals surface area contributed by atoms with E-state index >= 15 is 0 Å². The van der Waals surface area contributed by atoms with E-state index in [-0.39, 0.29) is 17.4 Å². The first-order chi connectivity index (χ1) is 10.8. The summed E-state index contributed by atoms with van der Waals surface area (Å²) in [5.74, 6) is -1.27. The number of nitrogens with zero attached hydrogens (tertiary/aromatic N) is 1. The third kappa shape index (κ3) is 6.22. The first-order valence-corrected chi connectivity index (χ1v) is 6.96. The van der Waals surface area contributed by atoms with Crippen molar-refractivity contribution in [2.24, 2.45) is 0 Å². The highest BCUT2D eigenvalue weighted by Gasteiger charge is 2.10. The average Bonchev–Trinajstić information content (AvgIpc) is 2.47. The van der Waals surface area contributed by atoms with Crippen molar-refractivity contribution in [3.8, 4) is 0 Å². The van der Waals surface area contributed by atoms with E-state index in [1.54, 1.807) is 19.9 Å². The van der Waals surface area contributed by atoms with Crippen LogP contribution in [0.4, 0.5) is 11.4 Å². The van der Waals surface area contributed by atoms with Crippen molar-refractivity contribution in [2.75, 3.05) is 11.9 Å². The van der Waals surface area contributed by atoms with Crippen LogP contribution in [0, 0.1) is 17.0 Å². The first kappa shape index (κ1) is 18.2. The standard InChI is InChI=1S/C14H15N3O5S/c1-3-22-13(19)7-6-12(18)16-14(23)15-11-8-10(17(20)21)5-4-9(11)2/h4-8H,3H2,1-2H3,(H2,15,16,18,23). The van der Waals surface area contributed by atoms with Crippen LogP contribution in [0.3, 0.4) is 0 Å². The van der Waals surface area contributed by atoms with Gasteiger partial charge in [0, 0.05) is 30.0 Å². The van der Waals surface area contributed by atoms with E-state index in [1.807, 2.05) is 0 Å². The van der Waals surface area contributed by atoms with Crippen molar-refractivity contribution >= 4 is 40.6 Å². The Bertz CT molecular complexity index is 672. The van der Waals surface area contributed by atoms with E-state index in [0.717, 1.165) is 12.2 Å². The molecule has 0 saturated carbocycles. The van der Waals surface area contributed by atoms with Gasteiger partial charge in [0.25, 0.3) is 5.69 Å². The Morgan fingerprint density at radius 1 is 1.39 bits per heavy atom. The van der Waals surface area contributed by atoms with Gasteiger partial charge < -0.3 is 10.1 Å². The van der Waals surface area contributed by atoms with E-state index in [1.165, 1.54) is 12.1 Å². The van der Waals surface area contributed by atoms with Gasteiger partial charge in [-0.05, 0) is 31.6 Å². The zero-order chi connectivity index (χ0) is 17.4. The minimum Gasteiger partial charge on any atom is -0.463 e. The van der Waals surface area contributed by atoms with Gasteiger partial charge in [0.2, 0.25) is 5.91 Å². The molecule has 122 valence electrons. The topological polar surface area (TPSA) is 111 Å². The van der Waals surface area contributed by atoms with Crippen molar-refractivity contribution in [3.05, 3.63) is 46.0 Å². The Kier molecular flexibility index (Phi) is 6.81. The molecule has 0 radical (unpaired) electrons. The van der Waals surface area contributed by atoms with Gasteiger partial charge in [0.05, 0.1) is 11.5 Å². The Morgan fingerprint density at radius 2 is 2.09 bits per heavy atom. The zero-order valence-electron chi connectivity index (χ0n) is 12.5. The fraction of sp³-hybridized carbons (Fsp3) is 0.214. The second-order valence-electron chi connectivity index (χ2n) is 4.29. The number of ether oxygens (including phenoxy) is 1. The summed E-state index contributed by atoms with van der Waals surface area (Å²) in [4.78, 5) is 32.9. The highest BCUT2D eigenvalue weighted by Crippen LogP contribution is 2.21. The second kappa shape index (κ2) is 8.59. The number of non-ortho nitro benzene ring substituents is 1. The summed E-state index contributed by atoms with van der Waals surface area (Å²) in [5.41, 5.74) is 1.02. The molecule has 0 fully saturated rings. The predicted molar refractivity (Wildman–Crippen MR) is 88.0 cm³/mol. The molecular weight excluding hydrogens is 322 g/mol. The van der Waals surface area contributed by atoms with E-state index in [9.17, 15) is 19.7 Å². The fourth-order valence-electron chi connectivity index (χ4n) is 1.50. The van der Waals surface area contributed by atoms with Crippen molar-refractivity contribution < 1.29 is 19.2 Å². The molecular formula is C14H15N3O5S. The highest BCUT2D eigenvalue weighted by molar-refractivity contribution is 7.80. The molecule has 8 nitrogen and oxygen atoms in total. The molecule has 0 aliphatic carbocycles. The number of nitro benzene ring substituents is 1. The normalized spacial score (nSPS) is 10.2. The Balaban J connectivity index is 2.66. The van der Waals surface area contributed by atoms with Gasteiger partial charge >= 0.3 is 5.97 Å². The number of carbonyl (C=O) groups is 2. The SMILES string of the molecule is CCOC(=O)C=CC(=O)NC(=S)Nc1cc([N+](=O)[O-])ccc1C. The number of benzene rings is 1. The monoisotopic (exact) mass is 337 g/mol. The maximum Gasteiger partial charge on any atom is 0.330 e. The van der Waals surface area contributed by atoms with Crippen LogP contribution < -0.4 is 10.6 Å². The lowest BCUT2D eigenvalue weighted by Gasteiger charge is -2.10. The number of thiocarbonyl (C=S) groups is 1. The number of hydrogen-bond donors (Lipinski definition) is 2. The van der Waals surface area contributed by atoms with Gasteiger partial charge in [0.1, 0.15) is 0 Å². The maximum atomic E-state index is 11.6. The van der Waals surface area contributed by atoms with E-state index in [2.05, 4.69) is 15.4 Å². The minimum atomic E-state index is -0.643. The molecule has 1 aromatic carbocycles. The van der Waals surface area contributed by atoms with Gasteiger partial charge in [-0.15, -0.1) is 0 Å². The van der Waals surface area contributed by atoms with Crippen molar-refractivity contribution in [2.45, 2.75) is 13.8 Å². The molecule has 1 amide bonds. The zero-order valence-corrected chi connectivity index (χ0v) is 13.3. The van der Waals surface area contributed by atoms with Crippen LogP contribution in [0.1, 0.15) is 12.5 Å². The third-order valence-corrected chi connectivity index (χ3v) is 2.78. The van der Waals surface area contributed by atoms with Gasteiger partial charge in [-0.25, -0.2) is 4.79 Å². The minimum absolute atomic E-state index is 0.0490. The van der Waals surface area contributed by atoms with Crippen LogP contribution >= 0.6 is 12.2 Å². The average molecular weight is 337 g/mol. The molecule has 0 spiro atoms. The van der Waals surface area contributed by atoms with Crippen molar-refractivity contribution in [3.63, 3.8) is 0 Å². The molecule has 9 heteroatoms. The van der Waals surface area contributed by atoms with Crippen LogP contribution in [0.25, 0.3) is 0 Å². The molecule has 2 N–H and O–H groups in total. The number of rotatable bonds is 5. The third-order valence-electron chi connectivity index (χ3n) is 2.57. The largest absolute Gasteiger partial charge is 0.463 e. The molecule has 0 aromatic heterocycles. The Labute approximate surface area is 137 Å². The number of carbonyl (C=O) groups excluding carboxylic acids is 2. The summed E-state index contributed by atoms with van der Waals surface area (Å²) < 4.78 is 4.63. The van der Waals surface area contributed by atoms with Gasteiger partial charge in [-0.3, -0.25) is 20.2 Å². The lowest BCUT2D eigenvalue weighted by Crippen LogP contribution is -2.33. The molecule has 23 heavy (non-hydrogen) atoms. The number of aryl methyl sites for hydroxylation is 1. The second-order valence-corrected chi connectivity index (χ2v) is 4.69. The number of nitro groups is 1. The molecule has 0 unspecified atom stereocenters. The van der Waals surface area contributed by atoms with Gasteiger partial charge in [0.15, 0.2) is 5.11 Å². The number of nitrogens with one attached hydrogen (secondary N) is 2. The highest BCUT2D eigenvalue weighted by atomic mass is 32.1. The molecule has 0 aliphatic rings. The summed E-state index contributed by atoms with van der Waals surface area (Å²) >= 11 is 4.95. The number of anilines is 1. The molecule has 1 rings (SSSR count). The molecule has 0 bridgehead atoms. The van der Waals surface area contributed by atoms with Crippen LogP contribution in [-0.4, -0.2) is 28.5 Å². The fourth-order valence-corrected chi connectivity index (χ4v) is 1.71. The van der Waals surface area contributed by atoms with Crippen molar-refractivity contribution in [1.82, 2.24) is 5.32 Å². The quantitative estimate of drug-likeness (QED) is 0.277.